The molecular weight excluding hydrogens is 385 g/mol. The second-order valence-corrected chi connectivity index (χ2v) is 6.75. The van der Waals surface area contributed by atoms with Crippen molar-refractivity contribution in [3.63, 3.8) is 0 Å². The zero-order valence-electron chi connectivity index (χ0n) is 14.5. The van der Waals surface area contributed by atoms with E-state index < -0.39 is 29.6 Å². The number of alkyl carbamates (subject to hydrolysis) is 1. The van der Waals surface area contributed by atoms with Crippen molar-refractivity contribution in [1.82, 2.24) is 10.3 Å². The van der Waals surface area contributed by atoms with Crippen LogP contribution in [0.3, 0.4) is 0 Å². The third kappa shape index (κ3) is 5.83. The molecule has 1 unspecified atom stereocenters. The molecule has 2 aromatic rings. The number of hydrogen-bond acceptors (Lipinski definition) is 4. The Kier molecular flexibility index (Phi) is 6.33. The molecule has 27 heavy (non-hydrogen) atoms. The smallest absolute Gasteiger partial charge is 0.420 e. The van der Waals surface area contributed by atoms with E-state index in [2.05, 4.69) is 10.3 Å². The first-order valence-electron chi connectivity index (χ1n) is 7.90. The number of aliphatic hydroxyl groups excluding tert-OH is 1. The monoisotopic (exact) mass is 402 g/mol. The standard InChI is InChI=1S/C18H18ClF3N2O3/c1-17(2,24-16(26)27-10-11-6-4-3-5-7-11)12-8-13(23-14(19)9-12)15(25)18(20,21)22/h3-9,15,25H,10H2,1-2H3,(H,24,26). The number of halogens is 4. The van der Waals surface area contributed by atoms with Crippen molar-refractivity contribution in [2.24, 2.45) is 0 Å². The normalized spacial score (nSPS) is 13.1. The summed E-state index contributed by atoms with van der Waals surface area (Å²) in [6.07, 6.45) is -8.42. The Morgan fingerprint density at radius 3 is 2.48 bits per heavy atom. The molecule has 0 fully saturated rings. The molecule has 0 bridgehead atoms. The molecule has 0 saturated carbocycles. The summed E-state index contributed by atoms with van der Waals surface area (Å²) in [5.74, 6) is 0. The summed E-state index contributed by atoms with van der Waals surface area (Å²) in [6, 6.07) is 11.3. The number of ether oxygens (including phenoxy) is 1. The fourth-order valence-corrected chi connectivity index (χ4v) is 2.49. The van der Waals surface area contributed by atoms with Gasteiger partial charge in [0.25, 0.3) is 0 Å². The fourth-order valence-electron chi connectivity index (χ4n) is 2.27. The Balaban J connectivity index is 2.13. The lowest BCUT2D eigenvalue weighted by molar-refractivity contribution is -0.208. The van der Waals surface area contributed by atoms with Crippen molar-refractivity contribution in [3.8, 4) is 0 Å². The number of carbonyl (C=O) groups excluding carboxylic acids is 1. The van der Waals surface area contributed by atoms with E-state index in [1.54, 1.807) is 38.1 Å². The molecule has 0 aliphatic rings. The Morgan fingerprint density at radius 1 is 1.26 bits per heavy atom. The number of aliphatic hydroxyl groups is 1. The van der Waals surface area contributed by atoms with Crippen LogP contribution in [-0.4, -0.2) is 22.4 Å². The molecule has 0 aliphatic heterocycles. The largest absolute Gasteiger partial charge is 0.445 e. The second-order valence-electron chi connectivity index (χ2n) is 6.36. The first-order chi connectivity index (χ1) is 12.5. The van der Waals surface area contributed by atoms with Crippen molar-refractivity contribution in [2.45, 2.75) is 38.3 Å². The van der Waals surface area contributed by atoms with Crippen molar-refractivity contribution in [1.29, 1.82) is 0 Å². The average molecular weight is 403 g/mol. The highest BCUT2D eigenvalue weighted by molar-refractivity contribution is 6.29. The third-order valence-electron chi connectivity index (χ3n) is 3.75. The lowest BCUT2D eigenvalue weighted by atomic mass is 9.94. The van der Waals surface area contributed by atoms with Gasteiger partial charge in [-0.1, -0.05) is 41.9 Å². The first kappa shape index (κ1) is 21.0. The number of pyridine rings is 1. The van der Waals surface area contributed by atoms with Gasteiger partial charge in [0.15, 0.2) is 6.10 Å². The number of nitrogens with one attached hydrogen (secondary N) is 1. The number of hydrogen-bond donors (Lipinski definition) is 2. The molecule has 1 atom stereocenters. The molecular formula is C18H18ClF3N2O3. The zero-order valence-corrected chi connectivity index (χ0v) is 15.3. The molecule has 0 radical (unpaired) electrons. The molecule has 9 heteroatoms. The summed E-state index contributed by atoms with van der Waals surface area (Å²) < 4.78 is 43.4. The van der Waals surface area contributed by atoms with E-state index in [-0.39, 0.29) is 17.3 Å². The highest BCUT2D eigenvalue weighted by Crippen LogP contribution is 2.34. The van der Waals surface area contributed by atoms with E-state index in [1.165, 1.54) is 6.07 Å². The van der Waals surface area contributed by atoms with Crippen molar-refractivity contribution >= 4 is 17.7 Å². The lowest BCUT2D eigenvalue weighted by Gasteiger charge is -2.27. The van der Waals surface area contributed by atoms with Gasteiger partial charge in [0, 0.05) is 0 Å². The maximum absolute atomic E-state index is 12.7. The van der Waals surface area contributed by atoms with Crippen LogP contribution in [0, 0.1) is 0 Å². The molecule has 2 rings (SSSR count). The Morgan fingerprint density at radius 2 is 1.89 bits per heavy atom. The van der Waals surface area contributed by atoms with Crippen LogP contribution < -0.4 is 5.32 Å². The summed E-state index contributed by atoms with van der Waals surface area (Å²) in [4.78, 5) is 15.6. The van der Waals surface area contributed by atoms with Gasteiger partial charge in [0.2, 0.25) is 0 Å². The summed E-state index contributed by atoms with van der Waals surface area (Å²) in [5.41, 5.74) is -0.761. The van der Waals surface area contributed by atoms with E-state index in [1.807, 2.05) is 6.07 Å². The number of benzene rings is 1. The van der Waals surface area contributed by atoms with Crippen LogP contribution in [0.4, 0.5) is 18.0 Å². The summed E-state index contributed by atoms with van der Waals surface area (Å²) in [5, 5.41) is 11.7. The number of rotatable bonds is 5. The molecule has 1 aromatic carbocycles. The minimum absolute atomic E-state index is 0.0396. The number of nitrogens with zero attached hydrogens (tertiary/aromatic N) is 1. The van der Waals surface area contributed by atoms with Gasteiger partial charge in [0.05, 0.1) is 11.2 Å². The summed E-state index contributed by atoms with van der Waals surface area (Å²) in [6.45, 7) is 3.16. The molecule has 1 amide bonds. The highest BCUT2D eigenvalue weighted by atomic mass is 35.5. The van der Waals surface area contributed by atoms with Crippen molar-refractivity contribution in [2.75, 3.05) is 0 Å². The van der Waals surface area contributed by atoms with E-state index in [0.717, 1.165) is 11.6 Å². The van der Waals surface area contributed by atoms with Crippen molar-refractivity contribution < 1.29 is 27.8 Å². The van der Waals surface area contributed by atoms with E-state index in [0.29, 0.717) is 0 Å². The maximum Gasteiger partial charge on any atom is 0.420 e. The maximum atomic E-state index is 12.7. The van der Waals surface area contributed by atoms with Gasteiger partial charge in [-0.3, -0.25) is 0 Å². The van der Waals surface area contributed by atoms with Crippen LogP contribution in [0.5, 0.6) is 0 Å². The molecule has 2 N–H and O–H groups in total. The minimum atomic E-state index is -4.89. The second kappa shape index (κ2) is 8.14. The van der Waals surface area contributed by atoms with Crippen molar-refractivity contribution in [3.05, 3.63) is 64.4 Å². The van der Waals surface area contributed by atoms with Gasteiger partial charge in [-0.2, -0.15) is 13.2 Å². The Bertz CT molecular complexity index is 798. The van der Waals surface area contributed by atoms with E-state index in [4.69, 9.17) is 16.3 Å². The molecule has 1 heterocycles. The van der Waals surface area contributed by atoms with Crippen LogP contribution in [0.15, 0.2) is 42.5 Å². The topological polar surface area (TPSA) is 71.5 Å². The molecule has 1 aromatic heterocycles. The third-order valence-corrected chi connectivity index (χ3v) is 3.95. The van der Waals surface area contributed by atoms with E-state index in [9.17, 15) is 23.1 Å². The quantitative estimate of drug-likeness (QED) is 0.723. The molecule has 0 spiro atoms. The van der Waals surface area contributed by atoms with Crippen LogP contribution in [-0.2, 0) is 16.9 Å². The number of carbonyl (C=O) groups is 1. The SMILES string of the molecule is CC(C)(NC(=O)OCc1ccccc1)c1cc(Cl)nc(C(O)C(F)(F)F)c1. The first-order valence-corrected chi connectivity index (χ1v) is 8.28. The van der Waals surface area contributed by atoms with Gasteiger partial charge >= 0.3 is 12.3 Å². The summed E-state index contributed by atoms with van der Waals surface area (Å²) >= 11 is 5.79. The van der Waals surface area contributed by atoms with Gasteiger partial charge in [0.1, 0.15) is 11.8 Å². The fraction of sp³-hybridized carbons (Fsp3) is 0.333. The molecule has 146 valence electrons. The van der Waals surface area contributed by atoms with Crippen LogP contribution in [0.25, 0.3) is 0 Å². The van der Waals surface area contributed by atoms with Crippen LogP contribution in [0.1, 0.15) is 36.8 Å². The van der Waals surface area contributed by atoms with E-state index >= 15 is 0 Å². The zero-order chi connectivity index (χ0) is 20.2. The van der Waals surface area contributed by atoms with Gasteiger partial charge < -0.3 is 15.2 Å². The molecule has 0 aliphatic carbocycles. The Hall–Kier alpha value is -2.32. The van der Waals surface area contributed by atoms with Gasteiger partial charge in [-0.05, 0) is 37.1 Å². The minimum Gasteiger partial charge on any atom is -0.445 e. The average Bonchev–Trinajstić information content (AvgIpc) is 2.58. The molecule has 0 saturated heterocycles. The lowest BCUT2D eigenvalue weighted by Crippen LogP contribution is -2.41. The predicted molar refractivity (Wildman–Crippen MR) is 93.1 cm³/mol. The summed E-state index contributed by atoms with van der Waals surface area (Å²) in [7, 11) is 0. The predicted octanol–water partition coefficient (Wildman–Crippen LogP) is 4.49. The van der Waals surface area contributed by atoms with Crippen LogP contribution >= 0.6 is 11.6 Å². The number of aromatic nitrogens is 1. The Labute approximate surface area is 159 Å². The highest BCUT2D eigenvalue weighted by Gasteiger charge is 2.41. The van der Waals surface area contributed by atoms with Gasteiger partial charge in [-0.15, -0.1) is 0 Å². The molecule has 5 nitrogen and oxygen atoms in total. The number of amides is 1. The van der Waals surface area contributed by atoms with Gasteiger partial charge in [-0.25, -0.2) is 9.78 Å². The number of alkyl halides is 3. The van der Waals surface area contributed by atoms with Crippen LogP contribution in [0.2, 0.25) is 5.15 Å².